The summed E-state index contributed by atoms with van der Waals surface area (Å²) in [7, 11) is 3.21. The predicted molar refractivity (Wildman–Crippen MR) is 94.3 cm³/mol. The number of hydrogen-bond acceptors (Lipinski definition) is 5. The van der Waals surface area contributed by atoms with E-state index in [-0.39, 0.29) is 5.91 Å². The lowest BCUT2D eigenvalue weighted by atomic mass is 10.2. The average Bonchev–Trinajstić information content (AvgIpc) is 2.59. The Morgan fingerprint density at radius 2 is 2.08 bits per heavy atom. The van der Waals surface area contributed by atoms with E-state index < -0.39 is 0 Å². The van der Waals surface area contributed by atoms with Crippen molar-refractivity contribution in [3.05, 3.63) is 47.1 Å². The zero-order valence-electron chi connectivity index (χ0n) is 13.6. The van der Waals surface area contributed by atoms with Gasteiger partial charge in [0.1, 0.15) is 11.6 Å². The van der Waals surface area contributed by atoms with Gasteiger partial charge in [-0.1, -0.05) is 11.6 Å². The van der Waals surface area contributed by atoms with Crippen LogP contribution >= 0.6 is 11.6 Å². The molecule has 0 atom stereocenters. The molecule has 0 spiro atoms. The molecule has 0 fully saturated rings. The zero-order chi connectivity index (χ0) is 17.4. The van der Waals surface area contributed by atoms with Crippen LogP contribution in [0.25, 0.3) is 0 Å². The van der Waals surface area contributed by atoms with Crippen LogP contribution < -0.4 is 15.4 Å². The highest BCUT2D eigenvalue weighted by Crippen LogP contribution is 2.30. The van der Waals surface area contributed by atoms with Gasteiger partial charge in [-0.15, -0.1) is 0 Å². The molecule has 0 aliphatic heterocycles. The van der Waals surface area contributed by atoms with Crippen LogP contribution in [0.5, 0.6) is 5.75 Å². The maximum atomic E-state index is 12.1. The number of halogens is 1. The maximum absolute atomic E-state index is 12.1. The molecule has 24 heavy (non-hydrogen) atoms. The minimum Gasteiger partial charge on any atom is -0.495 e. The normalized spacial score (nSPS) is 10.3. The van der Waals surface area contributed by atoms with Crippen molar-refractivity contribution in [2.24, 2.45) is 0 Å². The molecule has 128 valence electrons. The summed E-state index contributed by atoms with van der Waals surface area (Å²) in [5.74, 6) is 1.00. The molecule has 0 radical (unpaired) electrons. The lowest BCUT2D eigenvalue weighted by Gasteiger charge is -2.12. The van der Waals surface area contributed by atoms with Gasteiger partial charge in [0.05, 0.1) is 12.8 Å². The van der Waals surface area contributed by atoms with Crippen LogP contribution in [0.4, 0.5) is 11.5 Å². The molecule has 0 saturated heterocycles. The molecule has 0 saturated carbocycles. The fraction of sp³-hybridized carbons (Fsp3) is 0.294. The first-order valence-corrected chi connectivity index (χ1v) is 7.85. The molecule has 0 aliphatic carbocycles. The van der Waals surface area contributed by atoms with Gasteiger partial charge in [0.25, 0.3) is 5.91 Å². The number of carbonyl (C=O) groups excluding carboxylic acids is 1. The van der Waals surface area contributed by atoms with E-state index in [9.17, 15) is 4.79 Å². The third-order valence-corrected chi connectivity index (χ3v) is 3.49. The molecule has 1 heterocycles. The quantitative estimate of drug-likeness (QED) is 0.716. The number of hydrogen-bond donors (Lipinski definition) is 2. The monoisotopic (exact) mass is 349 g/mol. The van der Waals surface area contributed by atoms with Gasteiger partial charge in [0.2, 0.25) is 0 Å². The molecule has 7 heteroatoms. The van der Waals surface area contributed by atoms with Crippen molar-refractivity contribution >= 4 is 29.0 Å². The number of nitrogens with zero attached hydrogens (tertiary/aromatic N) is 1. The summed E-state index contributed by atoms with van der Waals surface area (Å²) in [6.07, 6.45) is 2.33. The summed E-state index contributed by atoms with van der Waals surface area (Å²) in [6, 6.07) is 8.57. The molecule has 2 rings (SSSR count). The van der Waals surface area contributed by atoms with Crippen molar-refractivity contribution in [2.45, 2.75) is 6.42 Å². The van der Waals surface area contributed by atoms with Crippen LogP contribution in [0.3, 0.4) is 0 Å². The van der Waals surface area contributed by atoms with Crippen molar-refractivity contribution in [1.29, 1.82) is 0 Å². The zero-order valence-corrected chi connectivity index (χ0v) is 14.4. The molecule has 2 N–H and O–H groups in total. The fourth-order valence-electron chi connectivity index (χ4n) is 2.08. The maximum Gasteiger partial charge on any atom is 0.251 e. The molecule has 1 amide bonds. The minimum atomic E-state index is -0.158. The smallest absolute Gasteiger partial charge is 0.251 e. The van der Waals surface area contributed by atoms with Crippen LogP contribution in [-0.4, -0.2) is 38.3 Å². The van der Waals surface area contributed by atoms with Gasteiger partial charge in [-0.2, -0.15) is 0 Å². The number of ether oxygens (including phenoxy) is 2. The van der Waals surface area contributed by atoms with Crippen molar-refractivity contribution in [3.8, 4) is 5.75 Å². The number of rotatable bonds is 8. The van der Waals surface area contributed by atoms with Crippen LogP contribution in [0.1, 0.15) is 16.8 Å². The van der Waals surface area contributed by atoms with E-state index in [2.05, 4.69) is 15.6 Å². The van der Waals surface area contributed by atoms with Crippen LogP contribution in [0, 0.1) is 0 Å². The Bertz CT molecular complexity index is 695. The largest absolute Gasteiger partial charge is 0.495 e. The number of nitrogens with one attached hydrogen (secondary N) is 2. The topological polar surface area (TPSA) is 72.5 Å². The van der Waals surface area contributed by atoms with Gasteiger partial charge in [-0.05, 0) is 36.8 Å². The molecular formula is C17H20ClN3O3. The summed E-state index contributed by atoms with van der Waals surface area (Å²) in [4.78, 5) is 16.4. The van der Waals surface area contributed by atoms with Gasteiger partial charge < -0.3 is 20.1 Å². The number of anilines is 2. The second-order valence-electron chi connectivity index (χ2n) is 5.00. The third-order valence-electron chi connectivity index (χ3n) is 3.26. The van der Waals surface area contributed by atoms with Gasteiger partial charge in [0, 0.05) is 37.0 Å². The lowest BCUT2D eigenvalue weighted by molar-refractivity contribution is 0.0948. The Morgan fingerprint density at radius 3 is 2.83 bits per heavy atom. The van der Waals surface area contributed by atoms with Crippen molar-refractivity contribution in [1.82, 2.24) is 10.3 Å². The first-order chi connectivity index (χ1) is 11.6. The SMILES string of the molecule is COCCCNC(=O)c1ccnc(Nc2cc(Cl)ccc2OC)c1. The summed E-state index contributed by atoms with van der Waals surface area (Å²) >= 11 is 6.01. The molecule has 2 aromatic rings. The number of methoxy groups -OCH3 is 2. The first kappa shape index (κ1) is 18.0. The van der Waals surface area contributed by atoms with E-state index in [1.807, 2.05) is 0 Å². The Kier molecular flexibility index (Phi) is 6.84. The number of carbonyl (C=O) groups is 1. The Labute approximate surface area is 146 Å². The summed E-state index contributed by atoms with van der Waals surface area (Å²) < 4.78 is 10.2. The van der Waals surface area contributed by atoms with E-state index in [1.165, 1.54) is 0 Å². The van der Waals surface area contributed by atoms with Crippen molar-refractivity contribution < 1.29 is 14.3 Å². The molecule has 0 aliphatic rings. The molecule has 1 aromatic heterocycles. The van der Waals surface area contributed by atoms with Crippen LogP contribution in [0.15, 0.2) is 36.5 Å². The summed E-state index contributed by atoms with van der Waals surface area (Å²) in [5, 5.41) is 6.53. The van der Waals surface area contributed by atoms with Crippen molar-refractivity contribution in [2.75, 3.05) is 32.7 Å². The number of pyridine rings is 1. The molecule has 0 unspecified atom stereocenters. The van der Waals surface area contributed by atoms with Gasteiger partial charge in [0.15, 0.2) is 0 Å². The minimum absolute atomic E-state index is 0.158. The first-order valence-electron chi connectivity index (χ1n) is 7.48. The Hall–Kier alpha value is -2.31. The third kappa shape index (κ3) is 5.11. The van der Waals surface area contributed by atoms with E-state index in [1.54, 1.807) is 50.7 Å². The second kappa shape index (κ2) is 9.10. The highest BCUT2D eigenvalue weighted by atomic mass is 35.5. The summed E-state index contributed by atoms with van der Waals surface area (Å²) in [5.41, 5.74) is 1.20. The molecule has 6 nitrogen and oxygen atoms in total. The number of benzene rings is 1. The van der Waals surface area contributed by atoms with Crippen LogP contribution in [0.2, 0.25) is 5.02 Å². The Morgan fingerprint density at radius 1 is 1.25 bits per heavy atom. The molecule has 1 aromatic carbocycles. The van der Waals surface area contributed by atoms with E-state index in [0.29, 0.717) is 41.0 Å². The van der Waals surface area contributed by atoms with Crippen molar-refractivity contribution in [3.63, 3.8) is 0 Å². The number of amides is 1. The van der Waals surface area contributed by atoms with E-state index in [0.717, 1.165) is 6.42 Å². The standard InChI is InChI=1S/C17H20ClN3O3/c1-23-9-3-7-20-17(22)12-6-8-19-16(10-12)21-14-11-13(18)4-5-15(14)24-2/h4-6,8,10-11H,3,7,9H2,1-2H3,(H,19,21)(H,20,22). The predicted octanol–water partition coefficient (Wildman–Crippen LogP) is 3.25. The average molecular weight is 350 g/mol. The van der Waals surface area contributed by atoms with E-state index >= 15 is 0 Å². The molecule has 0 bridgehead atoms. The molecular weight excluding hydrogens is 330 g/mol. The Balaban J connectivity index is 2.07. The lowest BCUT2D eigenvalue weighted by Crippen LogP contribution is -2.25. The second-order valence-corrected chi connectivity index (χ2v) is 5.44. The fourth-order valence-corrected chi connectivity index (χ4v) is 2.25. The van der Waals surface area contributed by atoms with Gasteiger partial charge in [-0.25, -0.2) is 4.98 Å². The van der Waals surface area contributed by atoms with E-state index in [4.69, 9.17) is 21.1 Å². The van der Waals surface area contributed by atoms with Gasteiger partial charge in [-0.3, -0.25) is 4.79 Å². The number of aromatic nitrogens is 1. The summed E-state index contributed by atoms with van der Waals surface area (Å²) in [6.45, 7) is 1.16. The van der Waals surface area contributed by atoms with Gasteiger partial charge >= 0.3 is 0 Å². The van der Waals surface area contributed by atoms with Crippen LogP contribution in [-0.2, 0) is 4.74 Å². The highest BCUT2D eigenvalue weighted by Gasteiger charge is 2.09. The highest BCUT2D eigenvalue weighted by molar-refractivity contribution is 6.31.